The van der Waals surface area contributed by atoms with Crippen molar-refractivity contribution in [3.63, 3.8) is 0 Å². The average molecular weight is 284 g/mol. The van der Waals surface area contributed by atoms with Crippen LogP contribution in [0.5, 0.6) is 0 Å². The van der Waals surface area contributed by atoms with E-state index in [1.54, 1.807) is 11.8 Å². The maximum absolute atomic E-state index is 12.2. The molecule has 2 heterocycles. The zero-order valence-electron chi connectivity index (χ0n) is 11.5. The summed E-state index contributed by atoms with van der Waals surface area (Å²) in [5.74, 6) is -0.986. The number of urea groups is 1. The monoisotopic (exact) mass is 284 g/mol. The van der Waals surface area contributed by atoms with E-state index >= 15 is 0 Å². The van der Waals surface area contributed by atoms with Gasteiger partial charge in [-0.3, -0.25) is 14.5 Å². The molecule has 1 unspecified atom stereocenters. The number of carbonyl (C=O) groups excluding carboxylic acids is 2. The Morgan fingerprint density at radius 3 is 2.35 bits per heavy atom. The molecule has 0 spiro atoms. The fraction of sp³-hybridized carbons (Fsp3) is 0.750. The molecule has 2 aliphatic rings. The first-order valence-corrected chi connectivity index (χ1v) is 6.76. The van der Waals surface area contributed by atoms with Gasteiger partial charge in [-0.15, -0.1) is 0 Å². The molecule has 2 N–H and O–H groups in total. The first kappa shape index (κ1) is 14.6. The van der Waals surface area contributed by atoms with Gasteiger partial charge in [-0.25, -0.2) is 4.79 Å². The van der Waals surface area contributed by atoms with Crippen molar-refractivity contribution < 1.29 is 19.5 Å². The van der Waals surface area contributed by atoms with Gasteiger partial charge in [-0.1, -0.05) is 0 Å². The number of amides is 3. The van der Waals surface area contributed by atoms with E-state index in [1.165, 1.54) is 4.90 Å². The van der Waals surface area contributed by atoms with Crippen LogP contribution in [0.15, 0.2) is 0 Å². The van der Waals surface area contributed by atoms with E-state index in [4.69, 9.17) is 5.11 Å². The van der Waals surface area contributed by atoms with Crippen LogP contribution in [0.2, 0.25) is 0 Å². The second-order valence-electron chi connectivity index (χ2n) is 5.09. The van der Waals surface area contributed by atoms with Crippen LogP contribution >= 0.6 is 0 Å². The summed E-state index contributed by atoms with van der Waals surface area (Å²) in [6.07, 6.45) is 0. The molecule has 2 rings (SSSR count). The van der Waals surface area contributed by atoms with E-state index in [1.807, 2.05) is 4.90 Å². The van der Waals surface area contributed by atoms with Gasteiger partial charge in [0.15, 0.2) is 0 Å². The Morgan fingerprint density at radius 1 is 1.15 bits per heavy atom. The molecule has 1 atom stereocenters. The first-order valence-electron chi connectivity index (χ1n) is 6.76. The summed E-state index contributed by atoms with van der Waals surface area (Å²) >= 11 is 0. The Balaban J connectivity index is 1.85. The third-order valence-electron chi connectivity index (χ3n) is 3.80. The van der Waals surface area contributed by atoms with E-state index in [-0.39, 0.29) is 18.5 Å². The average Bonchev–Trinajstić information content (AvgIpc) is 2.46. The highest BCUT2D eigenvalue weighted by molar-refractivity contribution is 5.85. The molecule has 0 bridgehead atoms. The third kappa shape index (κ3) is 3.19. The molecule has 2 aliphatic heterocycles. The minimum atomic E-state index is -0.850. The second-order valence-corrected chi connectivity index (χ2v) is 5.09. The molecule has 3 amide bonds. The topological polar surface area (TPSA) is 93.2 Å². The smallest absolute Gasteiger partial charge is 0.320 e. The summed E-state index contributed by atoms with van der Waals surface area (Å²) in [6, 6.07) is -0.671. The molecule has 8 nitrogen and oxygen atoms in total. The van der Waals surface area contributed by atoms with Crippen LogP contribution in [0.4, 0.5) is 4.79 Å². The van der Waals surface area contributed by atoms with E-state index < -0.39 is 12.0 Å². The molecule has 2 saturated heterocycles. The van der Waals surface area contributed by atoms with Gasteiger partial charge in [0.2, 0.25) is 5.91 Å². The van der Waals surface area contributed by atoms with E-state index in [0.29, 0.717) is 39.3 Å². The zero-order chi connectivity index (χ0) is 14.7. The number of rotatable bonds is 2. The lowest BCUT2D eigenvalue weighted by atomic mass is 10.2. The predicted octanol–water partition coefficient (Wildman–Crippen LogP) is -1.37. The maximum atomic E-state index is 12.2. The van der Waals surface area contributed by atoms with Crippen molar-refractivity contribution in [1.29, 1.82) is 0 Å². The van der Waals surface area contributed by atoms with Gasteiger partial charge in [0, 0.05) is 39.3 Å². The molecule has 112 valence electrons. The van der Waals surface area contributed by atoms with Gasteiger partial charge in [0.05, 0.1) is 0 Å². The molecule has 0 saturated carbocycles. The molecular weight excluding hydrogens is 264 g/mol. The normalized spacial score (nSPS) is 22.4. The van der Waals surface area contributed by atoms with E-state index in [9.17, 15) is 14.4 Å². The molecule has 0 radical (unpaired) electrons. The lowest BCUT2D eigenvalue weighted by molar-refractivity contribution is -0.143. The van der Waals surface area contributed by atoms with Gasteiger partial charge in [-0.2, -0.15) is 0 Å². The van der Waals surface area contributed by atoms with Crippen molar-refractivity contribution in [2.24, 2.45) is 0 Å². The molecular formula is C12H20N4O4. The summed E-state index contributed by atoms with van der Waals surface area (Å²) in [4.78, 5) is 39.5. The molecule has 0 aromatic carbocycles. The largest absolute Gasteiger partial charge is 0.480 e. The van der Waals surface area contributed by atoms with Gasteiger partial charge in [-0.05, 0) is 6.92 Å². The second kappa shape index (κ2) is 6.08. The molecule has 20 heavy (non-hydrogen) atoms. The Bertz CT molecular complexity index is 406. The molecule has 8 heteroatoms. The van der Waals surface area contributed by atoms with Crippen LogP contribution in [-0.2, 0) is 9.59 Å². The number of hydrogen-bond acceptors (Lipinski definition) is 4. The number of aliphatic carboxylic acids is 1. The summed E-state index contributed by atoms with van der Waals surface area (Å²) in [5.41, 5.74) is 0. The number of carboxylic acid groups (broad SMARTS) is 1. The van der Waals surface area contributed by atoms with Crippen molar-refractivity contribution in [2.45, 2.75) is 13.0 Å². The number of carboxylic acids is 1. The predicted molar refractivity (Wildman–Crippen MR) is 70.2 cm³/mol. The first-order chi connectivity index (χ1) is 9.49. The van der Waals surface area contributed by atoms with Gasteiger partial charge < -0.3 is 20.2 Å². The number of piperazine rings is 2. The van der Waals surface area contributed by atoms with E-state index in [0.717, 1.165) is 0 Å². The number of carbonyl (C=O) groups is 3. The van der Waals surface area contributed by atoms with Gasteiger partial charge in [0.25, 0.3) is 0 Å². The quantitative estimate of drug-likeness (QED) is 0.652. The minimum Gasteiger partial charge on any atom is -0.480 e. The maximum Gasteiger partial charge on any atom is 0.320 e. The van der Waals surface area contributed by atoms with Gasteiger partial charge >= 0.3 is 12.0 Å². The van der Waals surface area contributed by atoms with Crippen LogP contribution in [-0.4, -0.2) is 89.6 Å². The van der Waals surface area contributed by atoms with E-state index in [2.05, 4.69) is 5.32 Å². The van der Waals surface area contributed by atoms with Crippen LogP contribution in [0.3, 0.4) is 0 Å². The summed E-state index contributed by atoms with van der Waals surface area (Å²) < 4.78 is 0. The third-order valence-corrected chi connectivity index (χ3v) is 3.80. The highest BCUT2D eigenvalue weighted by Gasteiger charge is 2.30. The standard InChI is InChI=1S/C12H20N4O4/c1-9(11(18)19)14-4-6-15(7-5-14)12(20)16-3-2-13-10(17)8-16/h9H,2-8H2,1H3,(H,13,17)(H,18,19). The van der Waals surface area contributed by atoms with Crippen molar-refractivity contribution in [3.05, 3.63) is 0 Å². The SMILES string of the molecule is CC(C(=O)O)N1CCN(C(=O)N2CCNC(=O)C2)CC1. The van der Waals surface area contributed by atoms with Crippen LogP contribution < -0.4 is 5.32 Å². The number of nitrogens with one attached hydrogen (secondary N) is 1. The fourth-order valence-corrected chi connectivity index (χ4v) is 2.46. The summed E-state index contributed by atoms with van der Waals surface area (Å²) in [7, 11) is 0. The highest BCUT2D eigenvalue weighted by Crippen LogP contribution is 2.09. The molecule has 0 aliphatic carbocycles. The van der Waals surface area contributed by atoms with Gasteiger partial charge in [0.1, 0.15) is 12.6 Å². The fourth-order valence-electron chi connectivity index (χ4n) is 2.46. The Labute approximate surface area is 117 Å². The highest BCUT2D eigenvalue weighted by atomic mass is 16.4. The van der Waals surface area contributed by atoms with Crippen molar-refractivity contribution in [2.75, 3.05) is 45.8 Å². The minimum absolute atomic E-state index is 0.102. The van der Waals surface area contributed by atoms with Crippen LogP contribution in [0.1, 0.15) is 6.92 Å². The van der Waals surface area contributed by atoms with Crippen molar-refractivity contribution in [1.82, 2.24) is 20.0 Å². The molecule has 2 fully saturated rings. The summed E-state index contributed by atoms with van der Waals surface area (Å²) in [6.45, 7) is 4.83. The zero-order valence-corrected chi connectivity index (χ0v) is 11.5. The lowest BCUT2D eigenvalue weighted by Crippen LogP contribution is -2.58. The molecule has 0 aromatic rings. The Kier molecular flexibility index (Phi) is 4.43. The van der Waals surface area contributed by atoms with Crippen molar-refractivity contribution >= 4 is 17.9 Å². The lowest BCUT2D eigenvalue weighted by Gasteiger charge is -2.39. The number of hydrogen-bond donors (Lipinski definition) is 2. The number of nitrogens with zero attached hydrogens (tertiary/aromatic N) is 3. The summed E-state index contributed by atoms with van der Waals surface area (Å²) in [5, 5.41) is 11.6. The molecule has 0 aromatic heterocycles. The Hall–Kier alpha value is -1.83. The van der Waals surface area contributed by atoms with Crippen LogP contribution in [0.25, 0.3) is 0 Å². The van der Waals surface area contributed by atoms with Crippen molar-refractivity contribution in [3.8, 4) is 0 Å². The Morgan fingerprint density at radius 2 is 1.80 bits per heavy atom. The van der Waals surface area contributed by atoms with Crippen LogP contribution in [0, 0.1) is 0 Å².